The van der Waals surface area contributed by atoms with E-state index in [1.54, 1.807) is 0 Å². The molecule has 1 heterocycles. The molecule has 1 fully saturated rings. The molecule has 128 valence electrons. The lowest BCUT2D eigenvalue weighted by Gasteiger charge is -2.37. The second kappa shape index (κ2) is 9.14. The van der Waals surface area contributed by atoms with E-state index in [-0.39, 0.29) is 5.91 Å². The molecule has 0 atom stereocenters. The predicted molar refractivity (Wildman–Crippen MR) is 97.3 cm³/mol. The molecule has 1 amide bonds. The van der Waals surface area contributed by atoms with E-state index < -0.39 is 0 Å². The van der Waals surface area contributed by atoms with Crippen LogP contribution in [0.2, 0.25) is 5.02 Å². The predicted octanol–water partition coefficient (Wildman–Crippen LogP) is 3.11. The number of rotatable bonds is 7. The maximum Gasteiger partial charge on any atom is 0.236 e. The smallest absolute Gasteiger partial charge is 0.236 e. The Labute approximate surface area is 145 Å². The Morgan fingerprint density at radius 3 is 2.35 bits per heavy atom. The number of halogens is 1. The summed E-state index contributed by atoms with van der Waals surface area (Å²) in [4.78, 5) is 19.1. The molecule has 5 heteroatoms. The number of carbonyl (C=O) groups excluding carboxylic acids is 1. The van der Waals surface area contributed by atoms with Crippen molar-refractivity contribution in [3.63, 3.8) is 0 Å². The van der Waals surface area contributed by atoms with Crippen molar-refractivity contribution in [2.24, 2.45) is 0 Å². The van der Waals surface area contributed by atoms with E-state index >= 15 is 0 Å². The number of anilines is 1. The lowest BCUT2D eigenvalue weighted by atomic mass is 10.2. The second-order valence-corrected chi connectivity index (χ2v) is 6.56. The molecule has 23 heavy (non-hydrogen) atoms. The van der Waals surface area contributed by atoms with Gasteiger partial charge in [-0.1, -0.05) is 31.5 Å². The van der Waals surface area contributed by atoms with E-state index in [0.29, 0.717) is 6.54 Å². The van der Waals surface area contributed by atoms with Gasteiger partial charge in [-0.3, -0.25) is 9.69 Å². The maximum atomic E-state index is 12.5. The van der Waals surface area contributed by atoms with Crippen molar-refractivity contribution in [1.29, 1.82) is 0 Å². The molecule has 4 nitrogen and oxygen atoms in total. The molecule has 0 aliphatic carbocycles. The van der Waals surface area contributed by atoms with E-state index in [4.69, 9.17) is 11.6 Å². The van der Waals surface area contributed by atoms with E-state index in [1.165, 1.54) is 0 Å². The Kier molecular flexibility index (Phi) is 7.18. The normalized spacial score (nSPS) is 15.3. The van der Waals surface area contributed by atoms with Crippen LogP contribution in [0.25, 0.3) is 0 Å². The van der Waals surface area contributed by atoms with Gasteiger partial charge in [0.2, 0.25) is 5.91 Å². The summed E-state index contributed by atoms with van der Waals surface area (Å²) in [6.07, 6.45) is 2.19. The van der Waals surface area contributed by atoms with Crippen LogP contribution < -0.4 is 4.90 Å². The Balaban J connectivity index is 1.84. The first kappa shape index (κ1) is 18.1. The van der Waals surface area contributed by atoms with Crippen LogP contribution in [0.15, 0.2) is 24.3 Å². The molecule has 2 rings (SSSR count). The van der Waals surface area contributed by atoms with E-state index in [9.17, 15) is 4.79 Å². The van der Waals surface area contributed by atoms with Crippen molar-refractivity contribution in [1.82, 2.24) is 9.80 Å². The monoisotopic (exact) mass is 337 g/mol. The van der Waals surface area contributed by atoms with Crippen molar-refractivity contribution in [2.45, 2.75) is 26.7 Å². The Morgan fingerprint density at radius 1 is 1.13 bits per heavy atom. The highest BCUT2D eigenvalue weighted by molar-refractivity contribution is 6.30. The molecule has 1 aliphatic heterocycles. The summed E-state index contributed by atoms with van der Waals surface area (Å²) in [7, 11) is 0. The molecule has 0 N–H and O–H groups in total. The zero-order valence-electron chi connectivity index (χ0n) is 14.3. The molecule has 0 radical (unpaired) electrons. The average Bonchev–Trinajstić information content (AvgIpc) is 2.55. The third kappa shape index (κ3) is 5.40. The van der Waals surface area contributed by atoms with Crippen LogP contribution in [0, 0.1) is 0 Å². The van der Waals surface area contributed by atoms with Crippen LogP contribution in [0.5, 0.6) is 0 Å². The first-order valence-corrected chi connectivity index (χ1v) is 9.02. The van der Waals surface area contributed by atoms with E-state index in [2.05, 4.69) is 29.7 Å². The summed E-state index contributed by atoms with van der Waals surface area (Å²) in [5.41, 5.74) is 1.14. The minimum atomic E-state index is 0.262. The molecule has 0 spiro atoms. The molecule has 0 bridgehead atoms. The third-order valence-electron chi connectivity index (χ3n) is 4.24. The van der Waals surface area contributed by atoms with Gasteiger partial charge in [0.1, 0.15) is 0 Å². The third-order valence-corrected chi connectivity index (χ3v) is 4.48. The summed E-state index contributed by atoms with van der Waals surface area (Å²) in [5, 5.41) is 0.760. The van der Waals surface area contributed by atoms with Crippen LogP contribution in [-0.2, 0) is 4.79 Å². The highest BCUT2D eigenvalue weighted by atomic mass is 35.5. The second-order valence-electron chi connectivity index (χ2n) is 6.12. The van der Waals surface area contributed by atoms with Gasteiger partial charge in [-0.25, -0.2) is 0 Å². The van der Waals surface area contributed by atoms with Crippen molar-refractivity contribution in [2.75, 3.05) is 50.7 Å². The molecule has 1 aromatic carbocycles. The molecule has 0 aromatic heterocycles. The highest BCUT2D eigenvalue weighted by Crippen LogP contribution is 2.20. The summed E-state index contributed by atoms with van der Waals surface area (Å²) in [6.45, 7) is 10.2. The number of amides is 1. The maximum absolute atomic E-state index is 12.5. The van der Waals surface area contributed by atoms with E-state index in [0.717, 1.165) is 62.8 Å². The lowest BCUT2D eigenvalue weighted by molar-refractivity contribution is -0.132. The number of hydrogen-bond acceptors (Lipinski definition) is 3. The average molecular weight is 338 g/mol. The van der Waals surface area contributed by atoms with Crippen molar-refractivity contribution < 1.29 is 4.79 Å². The molecule has 1 saturated heterocycles. The number of piperazine rings is 1. The lowest BCUT2D eigenvalue weighted by Crippen LogP contribution is -2.51. The molecule has 0 saturated carbocycles. The Morgan fingerprint density at radius 2 is 1.78 bits per heavy atom. The van der Waals surface area contributed by atoms with Crippen LogP contribution in [0.3, 0.4) is 0 Å². The van der Waals surface area contributed by atoms with Gasteiger partial charge in [-0.2, -0.15) is 0 Å². The number of carbonyl (C=O) groups is 1. The minimum absolute atomic E-state index is 0.262. The van der Waals surface area contributed by atoms with Gasteiger partial charge in [0.15, 0.2) is 0 Å². The van der Waals surface area contributed by atoms with Gasteiger partial charge < -0.3 is 9.80 Å². The van der Waals surface area contributed by atoms with Crippen LogP contribution in [-0.4, -0.2) is 61.5 Å². The van der Waals surface area contributed by atoms with Crippen molar-refractivity contribution >= 4 is 23.2 Å². The number of hydrogen-bond donors (Lipinski definition) is 0. The standard InChI is InChI=1S/C18H28ClN3O/c1-3-8-20(9-4-2)15-18(23)22-12-10-21(11-13-22)17-7-5-6-16(19)14-17/h5-7,14H,3-4,8-13,15H2,1-2H3. The topological polar surface area (TPSA) is 26.8 Å². The first-order chi connectivity index (χ1) is 11.1. The summed E-state index contributed by atoms with van der Waals surface area (Å²) in [5.74, 6) is 0.262. The molecule has 1 aromatic rings. The summed E-state index contributed by atoms with van der Waals surface area (Å²) < 4.78 is 0. The summed E-state index contributed by atoms with van der Waals surface area (Å²) in [6, 6.07) is 7.93. The minimum Gasteiger partial charge on any atom is -0.368 e. The number of benzene rings is 1. The van der Waals surface area contributed by atoms with Gasteiger partial charge in [0, 0.05) is 36.9 Å². The van der Waals surface area contributed by atoms with Crippen LogP contribution >= 0.6 is 11.6 Å². The van der Waals surface area contributed by atoms with Gasteiger partial charge in [-0.15, -0.1) is 0 Å². The fraction of sp³-hybridized carbons (Fsp3) is 0.611. The molecule has 0 unspecified atom stereocenters. The van der Waals surface area contributed by atoms with Gasteiger partial charge in [-0.05, 0) is 44.1 Å². The van der Waals surface area contributed by atoms with Crippen molar-refractivity contribution in [3.05, 3.63) is 29.3 Å². The SMILES string of the molecule is CCCN(CCC)CC(=O)N1CCN(c2cccc(Cl)c2)CC1. The largest absolute Gasteiger partial charge is 0.368 e. The van der Waals surface area contributed by atoms with Crippen LogP contribution in [0.1, 0.15) is 26.7 Å². The quantitative estimate of drug-likeness (QED) is 0.765. The van der Waals surface area contributed by atoms with Gasteiger partial charge in [0.25, 0.3) is 0 Å². The molecular formula is C18H28ClN3O. The van der Waals surface area contributed by atoms with E-state index in [1.807, 2.05) is 23.1 Å². The zero-order chi connectivity index (χ0) is 16.7. The first-order valence-electron chi connectivity index (χ1n) is 8.64. The fourth-order valence-electron chi connectivity index (χ4n) is 3.08. The fourth-order valence-corrected chi connectivity index (χ4v) is 3.27. The Bertz CT molecular complexity index is 495. The van der Waals surface area contributed by atoms with Crippen molar-refractivity contribution in [3.8, 4) is 0 Å². The van der Waals surface area contributed by atoms with Gasteiger partial charge >= 0.3 is 0 Å². The molecular weight excluding hydrogens is 310 g/mol. The van der Waals surface area contributed by atoms with Gasteiger partial charge in [0.05, 0.1) is 6.54 Å². The summed E-state index contributed by atoms with van der Waals surface area (Å²) >= 11 is 6.06. The highest BCUT2D eigenvalue weighted by Gasteiger charge is 2.22. The van der Waals surface area contributed by atoms with Crippen LogP contribution in [0.4, 0.5) is 5.69 Å². The molecule has 1 aliphatic rings. The number of nitrogens with zero attached hydrogens (tertiary/aromatic N) is 3. The zero-order valence-corrected chi connectivity index (χ0v) is 15.1. The Hall–Kier alpha value is -1.26.